The van der Waals surface area contributed by atoms with E-state index < -0.39 is 0 Å². The summed E-state index contributed by atoms with van der Waals surface area (Å²) in [4.78, 5) is 18.6. The van der Waals surface area contributed by atoms with Gasteiger partial charge in [-0.05, 0) is 38.1 Å². The summed E-state index contributed by atoms with van der Waals surface area (Å²) in [6.07, 6.45) is 4.52. The highest BCUT2D eigenvalue weighted by molar-refractivity contribution is 5.72. The Morgan fingerprint density at radius 2 is 2.14 bits per heavy atom. The molecule has 21 heavy (non-hydrogen) atoms. The average molecular weight is 288 g/mol. The number of ether oxygens (including phenoxy) is 1. The van der Waals surface area contributed by atoms with Crippen LogP contribution in [0.4, 0.5) is 5.69 Å². The van der Waals surface area contributed by atoms with Crippen LogP contribution in [0.15, 0.2) is 18.3 Å². The third kappa shape index (κ3) is 2.85. The van der Waals surface area contributed by atoms with Crippen LogP contribution in [0.25, 0.3) is 5.65 Å². The number of anilines is 1. The minimum absolute atomic E-state index is 0.196. The van der Waals surface area contributed by atoms with E-state index in [4.69, 9.17) is 10.5 Å². The monoisotopic (exact) mass is 288 g/mol. The summed E-state index contributed by atoms with van der Waals surface area (Å²) in [6, 6.07) is 3.70. The van der Waals surface area contributed by atoms with Crippen molar-refractivity contribution in [1.29, 1.82) is 0 Å². The highest BCUT2D eigenvalue weighted by Gasteiger charge is 2.20. The minimum atomic E-state index is -0.269. The van der Waals surface area contributed by atoms with Crippen molar-refractivity contribution in [2.75, 3.05) is 25.9 Å². The molecule has 0 amide bonds. The van der Waals surface area contributed by atoms with Crippen LogP contribution >= 0.6 is 0 Å². The standard InChI is InChI=1S/C15H20N4O2/c1-21-15(20)8-12-13(10-18-6-2-3-7-18)19-9-11(16)4-5-14(19)17-12/h4-5,9H,2-3,6-8,10,16H2,1H3. The second-order valence-corrected chi connectivity index (χ2v) is 5.43. The molecule has 3 rings (SSSR count). The lowest BCUT2D eigenvalue weighted by Crippen LogP contribution is -2.21. The summed E-state index contributed by atoms with van der Waals surface area (Å²) < 4.78 is 6.76. The van der Waals surface area contributed by atoms with E-state index in [1.807, 2.05) is 22.7 Å². The van der Waals surface area contributed by atoms with Gasteiger partial charge in [0, 0.05) is 18.4 Å². The number of aromatic nitrogens is 2. The largest absolute Gasteiger partial charge is 0.469 e. The number of carbonyl (C=O) groups excluding carboxylic acids is 1. The Balaban J connectivity index is 2.00. The number of pyridine rings is 1. The third-order valence-corrected chi connectivity index (χ3v) is 3.93. The lowest BCUT2D eigenvalue weighted by atomic mass is 10.2. The number of rotatable bonds is 4. The van der Waals surface area contributed by atoms with Crippen molar-refractivity contribution >= 4 is 17.3 Å². The van der Waals surface area contributed by atoms with E-state index in [2.05, 4.69) is 9.88 Å². The number of nitrogens with two attached hydrogens (primary N) is 1. The summed E-state index contributed by atoms with van der Waals surface area (Å²) in [5.41, 5.74) is 9.20. The van der Waals surface area contributed by atoms with E-state index >= 15 is 0 Å². The molecule has 0 aromatic carbocycles. The normalized spacial score (nSPS) is 15.7. The van der Waals surface area contributed by atoms with Gasteiger partial charge in [-0.15, -0.1) is 0 Å². The lowest BCUT2D eigenvalue weighted by Gasteiger charge is -2.15. The Kier molecular flexibility index (Phi) is 3.79. The topological polar surface area (TPSA) is 72.9 Å². The molecule has 0 spiro atoms. The van der Waals surface area contributed by atoms with Gasteiger partial charge in [0.1, 0.15) is 5.65 Å². The minimum Gasteiger partial charge on any atom is -0.469 e. The fourth-order valence-corrected chi connectivity index (χ4v) is 2.83. The maximum absolute atomic E-state index is 11.6. The SMILES string of the molecule is COC(=O)Cc1nc2ccc(N)cn2c1CN1CCCC1. The van der Waals surface area contributed by atoms with Crippen LogP contribution in [0.5, 0.6) is 0 Å². The second-order valence-electron chi connectivity index (χ2n) is 5.43. The predicted molar refractivity (Wildman–Crippen MR) is 79.8 cm³/mol. The number of imidazole rings is 1. The van der Waals surface area contributed by atoms with Crippen LogP contribution in [0, 0.1) is 0 Å². The van der Waals surface area contributed by atoms with E-state index in [0.717, 1.165) is 36.7 Å². The van der Waals surface area contributed by atoms with Crippen molar-refractivity contribution in [1.82, 2.24) is 14.3 Å². The number of esters is 1. The molecule has 112 valence electrons. The molecule has 2 aromatic rings. The van der Waals surface area contributed by atoms with Gasteiger partial charge in [-0.1, -0.05) is 0 Å². The van der Waals surface area contributed by atoms with Gasteiger partial charge in [-0.25, -0.2) is 4.98 Å². The maximum atomic E-state index is 11.6. The van der Waals surface area contributed by atoms with E-state index in [1.54, 1.807) is 0 Å². The Morgan fingerprint density at radius 1 is 1.38 bits per heavy atom. The van der Waals surface area contributed by atoms with Crippen molar-refractivity contribution in [3.05, 3.63) is 29.7 Å². The Bertz CT molecular complexity index is 659. The van der Waals surface area contributed by atoms with Crippen LogP contribution < -0.4 is 5.73 Å². The first-order valence-corrected chi connectivity index (χ1v) is 7.22. The predicted octanol–water partition coefficient (Wildman–Crippen LogP) is 1.23. The lowest BCUT2D eigenvalue weighted by molar-refractivity contribution is -0.139. The summed E-state index contributed by atoms with van der Waals surface area (Å²) in [5.74, 6) is -0.269. The van der Waals surface area contributed by atoms with Gasteiger partial charge in [0.05, 0.1) is 24.9 Å². The Hall–Kier alpha value is -2.08. The zero-order valence-electron chi connectivity index (χ0n) is 12.2. The first-order valence-electron chi connectivity index (χ1n) is 7.22. The molecule has 1 aliphatic heterocycles. The molecule has 2 aromatic heterocycles. The second kappa shape index (κ2) is 5.73. The molecule has 6 nitrogen and oxygen atoms in total. The smallest absolute Gasteiger partial charge is 0.311 e. The van der Waals surface area contributed by atoms with Gasteiger partial charge in [0.25, 0.3) is 0 Å². The fourth-order valence-electron chi connectivity index (χ4n) is 2.83. The summed E-state index contributed by atoms with van der Waals surface area (Å²) in [7, 11) is 1.40. The molecule has 1 aliphatic rings. The first kappa shape index (κ1) is 13.9. The first-order chi connectivity index (χ1) is 10.2. The zero-order chi connectivity index (χ0) is 14.8. The molecule has 0 saturated carbocycles. The van der Waals surface area contributed by atoms with Gasteiger partial charge in [0.15, 0.2) is 0 Å². The maximum Gasteiger partial charge on any atom is 0.311 e. The quantitative estimate of drug-likeness (QED) is 0.857. The van der Waals surface area contributed by atoms with E-state index in [-0.39, 0.29) is 12.4 Å². The summed E-state index contributed by atoms with van der Waals surface area (Å²) in [5, 5.41) is 0. The molecular formula is C15H20N4O2. The van der Waals surface area contributed by atoms with Crippen LogP contribution in [0.3, 0.4) is 0 Å². The number of methoxy groups -OCH3 is 1. The van der Waals surface area contributed by atoms with Crippen LogP contribution in [-0.4, -0.2) is 40.5 Å². The number of likely N-dealkylation sites (tertiary alicyclic amines) is 1. The van der Waals surface area contributed by atoms with E-state index in [9.17, 15) is 4.79 Å². The summed E-state index contributed by atoms with van der Waals surface area (Å²) in [6.45, 7) is 2.97. The van der Waals surface area contributed by atoms with Crippen LogP contribution in [0.1, 0.15) is 24.2 Å². The third-order valence-electron chi connectivity index (χ3n) is 3.93. The molecular weight excluding hydrogens is 268 g/mol. The van der Waals surface area contributed by atoms with Crippen molar-refractivity contribution in [2.24, 2.45) is 0 Å². The molecule has 6 heteroatoms. The van der Waals surface area contributed by atoms with E-state index in [0.29, 0.717) is 5.69 Å². The van der Waals surface area contributed by atoms with Gasteiger partial charge >= 0.3 is 5.97 Å². The van der Waals surface area contributed by atoms with Gasteiger partial charge in [-0.2, -0.15) is 0 Å². The molecule has 0 bridgehead atoms. The average Bonchev–Trinajstić information content (AvgIpc) is 3.09. The highest BCUT2D eigenvalue weighted by Crippen LogP contribution is 2.20. The van der Waals surface area contributed by atoms with Crippen molar-refractivity contribution in [3.63, 3.8) is 0 Å². The van der Waals surface area contributed by atoms with Gasteiger partial charge in [-0.3, -0.25) is 9.69 Å². The zero-order valence-corrected chi connectivity index (χ0v) is 12.2. The number of nitrogens with zero attached hydrogens (tertiary/aromatic N) is 3. The van der Waals surface area contributed by atoms with Crippen molar-refractivity contribution in [3.8, 4) is 0 Å². The van der Waals surface area contributed by atoms with Gasteiger partial charge < -0.3 is 14.9 Å². The molecule has 2 N–H and O–H groups in total. The number of hydrogen-bond donors (Lipinski definition) is 1. The number of carbonyl (C=O) groups is 1. The molecule has 0 aliphatic carbocycles. The van der Waals surface area contributed by atoms with Crippen molar-refractivity contribution < 1.29 is 9.53 Å². The van der Waals surface area contributed by atoms with Gasteiger partial charge in [0.2, 0.25) is 0 Å². The van der Waals surface area contributed by atoms with Crippen LogP contribution in [-0.2, 0) is 22.5 Å². The number of hydrogen-bond acceptors (Lipinski definition) is 5. The number of fused-ring (bicyclic) bond motifs is 1. The van der Waals surface area contributed by atoms with E-state index in [1.165, 1.54) is 20.0 Å². The highest BCUT2D eigenvalue weighted by atomic mass is 16.5. The Labute approximate surface area is 123 Å². The van der Waals surface area contributed by atoms with Crippen LogP contribution in [0.2, 0.25) is 0 Å². The molecule has 1 fully saturated rings. The number of nitrogen functional groups attached to an aromatic ring is 1. The Morgan fingerprint density at radius 3 is 2.86 bits per heavy atom. The molecule has 0 atom stereocenters. The fraction of sp³-hybridized carbons (Fsp3) is 0.467. The molecule has 3 heterocycles. The molecule has 1 saturated heterocycles. The summed E-state index contributed by atoms with van der Waals surface area (Å²) >= 11 is 0. The van der Waals surface area contributed by atoms with Crippen molar-refractivity contribution in [2.45, 2.75) is 25.8 Å². The molecule has 0 unspecified atom stereocenters. The molecule has 0 radical (unpaired) electrons.